The topological polar surface area (TPSA) is 52.6 Å². The third-order valence-electron chi connectivity index (χ3n) is 4.05. The summed E-state index contributed by atoms with van der Waals surface area (Å²) in [4.78, 5) is 31.9. The lowest BCUT2D eigenvalue weighted by atomic mass is 10.2. The van der Waals surface area contributed by atoms with E-state index in [0.717, 1.165) is 8.58 Å². The highest BCUT2D eigenvalue weighted by molar-refractivity contribution is 7.55. The van der Waals surface area contributed by atoms with Crippen molar-refractivity contribution >= 4 is 31.1 Å². The summed E-state index contributed by atoms with van der Waals surface area (Å²) in [7, 11) is 0.777. The second-order valence-electron chi connectivity index (χ2n) is 6.33. The Morgan fingerprint density at radius 1 is 0.452 bits per heavy atom. The molecule has 0 aliphatic heterocycles. The van der Waals surface area contributed by atoms with E-state index in [1.54, 1.807) is 60.7 Å². The highest BCUT2D eigenvalue weighted by Gasteiger charge is 2.13. The molecule has 0 aromatic heterocycles. The first-order valence-electron chi connectivity index (χ1n) is 9.63. The lowest BCUT2D eigenvalue weighted by Gasteiger charge is -2.02. The van der Waals surface area contributed by atoms with Gasteiger partial charge in [0.15, 0.2) is 0 Å². The maximum Gasteiger partial charge on any atom is 0.386 e. The Balaban J connectivity index is 0.000000185. The number of hydrogen-bond donors (Lipinski definition) is 0. The van der Waals surface area contributed by atoms with Crippen molar-refractivity contribution in [3.8, 4) is 0 Å². The van der Waals surface area contributed by atoms with Crippen LogP contribution < -0.4 is 10.6 Å². The quantitative estimate of drug-likeness (QED) is 0.263. The van der Waals surface area contributed by atoms with Gasteiger partial charge in [-0.25, -0.2) is 19.4 Å². The third kappa shape index (κ3) is 7.54. The summed E-state index contributed by atoms with van der Waals surface area (Å²) in [5, 5.41) is 2.79. The molecule has 0 fully saturated rings. The molecule has 31 heavy (non-hydrogen) atoms. The third-order valence-corrected chi connectivity index (χ3v) is 5.29. The van der Waals surface area contributed by atoms with Crippen LogP contribution in [0.3, 0.4) is 0 Å². The molecule has 0 unspecified atom stereocenters. The molecule has 4 aromatic rings. The molecule has 0 saturated carbocycles. The van der Waals surface area contributed by atoms with Gasteiger partial charge in [0.1, 0.15) is 0 Å². The van der Waals surface area contributed by atoms with Crippen LogP contribution in [0, 0.1) is 0 Å². The van der Waals surface area contributed by atoms with Crippen molar-refractivity contribution < 1.29 is 19.4 Å². The number of benzene rings is 4. The SMILES string of the molecule is O=C(OOC(=O)c1ccccc1)c1ccccc1.c1ccc(Pc2ccccc2)cc1. The smallest absolute Gasteiger partial charge is 0.242 e. The Morgan fingerprint density at radius 2 is 0.742 bits per heavy atom. The van der Waals surface area contributed by atoms with Gasteiger partial charge < -0.3 is 0 Å². The second kappa shape index (κ2) is 12.1. The average Bonchev–Trinajstić information content (AvgIpc) is 2.85. The lowest BCUT2D eigenvalue weighted by Crippen LogP contribution is -2.11. The van der Waals surface area contributed by atoms with Gasteiger partial charge >= 0.3 is 11.9 Å². The molecule has 0 heterocycles. The van der Waals surface area contributed by atoms with Gasteiger partial charge in [0.25, 0.3) is 0 Å². The Labute approximate surface area is 183 Å². The van der Waals surface area contributed by atoms with Crippen LogP contribution in [0.4, 0.5) is 0 Å². The zero-order chi connectivity index (χ0) is 21.7. The standard InChI is InChI=1S/C14H10O4.C12H11P/c15-13(11-7-3-1-4-8-11)17-18-14(16)12-9-5-2-6-10-12;1-3-7-11(8-4-1)13-12-9-5-2-6-10-12/h1-10H;1-10,13H. The van der Waals surface area contributed by atoms with E-state index < -0.39 is 11.9 Å². The average molecular weight is 428 g/mol. The van der Waals surface area contributed by atoms with Gasteiger partial charge in [-0.15, -0.1) is 0 Å². The molecular weight excluding hydrogens is 407 g/mol. The lowest BCUT2D eigenvalue weighted by molar-refractivity contribution is -0.187. The largest absolute Gasteiger partial charge is 0.386 e. The molecule has 0 spiro atoms. The highest BCUT2D eigenvalue weighted by Crippen LogP contribution is 2.09. The fraction of sp³-hybridized carbons (Fsp3) is 0. The van der Waals surface area contributed by atoms with E-state index in [0.29, 0.717) is 11.1 Å². The van der Waals surface area contributed by atoms with Crippen LogP contribution in [0.15, 0.2) is 121 Å². The normalized spacial score (nSPS) is 9.68. The Hall–Kier alpha value is -3.75. The summed E-state index contributed by atoms with van der Waals surface area (Å²) in [6.07, 6.45) is 0. The molecule has 5 heteroatoms. The van der Waals surface area contributed by atoms with Crippen LogP contribution in [0.1, 0.15) is 20.7 Å². The maximum atomic E-state index is 11.5. The second-order valence-corrected chi connectivity index (χ2v) is 7.74. The molecule has 0 saturated heterocycles. The van der Waals surface area contributed by atoms with Gasteiger partial charge in [0.05, 0.1) is 11.1 Å². The van der Waals surface area contributed by atoms with E-state index >= 15 is 0 Å². The summed E-state index contributed by atoms with van der Waals surface area (Å²) in [5.74, 6) is -1.42. The Morgan fingerprint density at radius 3 is 1.06 bits per heavy atom. The first-order valence-corrected chi connectivity index (χ1v) is 10.6. The minimum absolute atomic E-state index is 0.318. The van der Waals surface area contributed by atoms with Crippen molar-refractivity contribution in [2.24, 2.45) is 0 Å². The monoisotopic (exact) mass is 428 g/mol. The van der Waals surface area contributed by atoms with Crippen molar-refractivity contribution in [3.63, 3.8) is 0 Å². The van der Waals surface area contributed by atoms with Gasteiger partial charge in [0, 0.05) is 0 Å². The van der Waals surface area contributed by atoms with Crippen LogP contribution in [0.5, 0.6) is 0 Å². The molecule has 0 aliphatic carbocycles. The minimum atomic E-state index is -0.708. The molecule has 154 valence electrons. The van der Waals surface area contributed by atoms with Crippen molar-refractivity contribution in [3.05, 3.63) is 132 Å². The number of rotatable bonds is 4. The molecule has 0 atom stereocenters. The number of carbonyl (C=O) groups excluding carboxylic acids is 2. The van der Waals surface area contributed by atoms with E-state index in [2.05, 4.69) is 70.4 Å². The summed E-state index contributed by atoms with van der Waals surface area (Å²) in [6.45, 7) is 0. The molecule has 0 amide bonds. The number of carbonyl (C=O) groups is 2. The zero-order valence-electron chi connectivity index (χ0n) is 16.7. The molecule has 0 N–H and O–H groups in total. The van der Waals surface area contributed by atoms with Crippen molar-refractivity contribution in [1.82, 2.24) is 0 Å². The fourth-order valence-corrected chi connectivity index (χ4v) is 3.58. The minimum Gasteiger partial charge on any atom is -0.242 e. The highest BCUT2D eigenvalue weighted by atomic mass is 31.1. The van der Waals surface area contributed by atoms with E-state index in [1.807, 2.05) is 0 Å². The molecule has 4 aromatic carbocycles. The van der Waals surface area contributed by atoms with Gasteiger partial charge in [-0.1, -0.05) is 106 Å². The van der Waals surface area contributed by atoms with Crippen LogP contribution in [0.25, 0.3) is 0 Å². The van der Waals surface area contributed by atoms with Gasteiger partial charge in [-0.05, 0) is 34.9 Å². The van der Waals surface area contributed by atoms with E-state index in [4.69, 9.17) is 0 Å². The first-order chi connectivity index (χ1) is 15.2. The zero-order valence-corrected chi connectivity index (χ0v) is 17.7. The van der Waals surface area contributed by atoms with Crippen molar-refractivity contribution in [2.45, 2.75) is 0 Å². The predicted octanol–water partition coefficient (Wildman–Crippen LogP) is 4.93. The molecular formula is C26H21O4P. The summed E-state index contributed by atoms with van der Waals surface area (Å²) >= 11 is 0. The molecule has 4 nitrogen and oxygen atoms in total. The van der Waals surface area contributed by atoms with E-state index in [-0.39, 0.29) is 0 Å². The van der Waals surface area contributed by atoms with Gasteiger partial charge in [-0.2, -0.15) is 0 Å². The molecule has 4 rings (SSSR count). The summed E-state index contributed by atoms with van der Waals surface area (Å²) in [6, 6.07) is 37.7. The van der Waals surface area contributed by atoms with Crippen LogP contribution in [0.2, 0.25) is 0 Å². The van der Waals surface area contributed by atoms with Gasteiger partial charge in [-0.3, -0.25) is 0 Å². The summed E-state index contributed by atoms with van der Waals surface area (Å²) < 4.78 is 0. The first kappa shape index (κ1) is 21.9. The van der Waals surface area contributed by atoms with Crippen LogP contribution in [-0.2, 0) is 9.78 Å². The van der Waals surface area contributed by atoms with Gasteiger partial charge in [0.2, 0.25) is 0 Å². The molecule has 0 bridgehead atoms. The molecule has 0 radical (unpaired) electrons. The Kier molecular flexibility index (Phi) is 8.54. The van der Waals surface area contributed by atoms with E-state index in [9.17, 15) is 9.59 Å². The van der Waals surface area contributed by atoms with Crippen molar-refractivity contribution in [2.75, 3.05) is 0 Å². The molecule has 0 aliphatic rings. The maximum absolute atomic E-state index is 11.5. The number of hydrogen-bond acceptors (Lipinski definition) is 4. The Bertz CT molecular complexity index is 980. The van der Waals surface area contributed by atoms with E-state index in [1.165, 1.54) is 10.6 Å². The summed E-state index contributed by atoms with van der Waals surface area (Å²) in [5.41, 5.74) is 0.636. The van der Waals surface area contributed by atoms with Crippen LogP contribution >= 0.6 is 8.58 Å². The van der Waals surface area contributed by atoms with Crippen LogP contribution in [-0.4, -0.2) is 11.9 Å². The van der Waals surface area contributed by atoms with Crippen molar-refractivity contribution in [1.29, 1.82) is 0 Å². The fourth-order valence-electron chi connectivity index (χ4n) is 2.53. The predicted molar refractivity (Wildman–Crippen MR) is 124 cm³/mol.